The zero-order chi connectivity index (χ0) is 29.1. The predicted octanol–water partition coefficient (Wildman–Crippen LogP) is 4.94. The maximum absolute atomic E-state index is 13.7. The number of nitrogens with zero attached hydrogens (tertiary/aromatic N) is 3. The van der Waals surface area contributed by atoms with Crippen LogP contribution < -0.4 is 21.1 Å². The number of aryl methyl sites for hydroxylation is 3. The third kappa shape index (κ3) is 6.22. The molecule has 0 unspecified atom stereocenters. The molecule has 4 heterocycles. The molecule has 1 aliphatic rings. The number of benzene rings is 1. The second-order valence-electron chi connectivity index (χ2n) is 11.4. The van der Waals surface area contributed by atoms with Crippen LogP contribution in [0.3, 0.4) is 0 Å². The SMILES string of the molecule is CC[C@H](C)n1cc(C)c2c(C(=O)NCc3c(C)cc(C)[nH]c3=O)cc(Cc3ccc(N4CCCNCC4)nc3)cc21. The first-order valence-corrected chi connectivity index (χ1v) is 14.8. The third-order valence-electron chi connectivity index (χ3n) is 8.29. The largest absolute Gasteiger partial charge is 0.355 e. The minimum Gasteiger partial charge on any atom is -0.355 e. The Morgan fingerprint density at radius 2 is 1.90 bits per heavy atom. The lowest BCUT2D eigenvalue weighted by molar-refractivity contribution is 0.0952. The second kappa shape index (κ2) is 12.3. The van der Waals surface area contributed by atoms with E-state index in [1.165, 1.54) is 0 Å². The number of aromatic nitrogens is 3. The molecule has 4 aromatic rings. The number of hydrogen-bond acceptors (Lipinski definition) is 5. The fourth-order valence-electron chi connectivity index (χ4n) is 5.87. The first-order valence-electron chi connectivity index (χ1n) is 14.8. The quantitative estimate of drug-likeness (QED) is 0.287. The van der Waals surface area contributed by atoms with E-state index in [4.69, 9.17) is 4.98 Å². The minimum atomic E-state index is -0.176. The van der Waals surface area contributed by atoms with Crippen molar-refractivity contribution in [1.29, 1.82) is 0 Å². The molecule has 8 nitrogen and oxygen atoms in total. The molecule has 1 amide bonds. The summed E-state index contributed by atoms with van der Waals surface area (Å²) >= 11 is 0. The van der Waals surface area contributed by atoms with Gasteiger partial charge in [-0.25, -0.2) is 4.98 Å². The number of anilines is 1. The second-order valence-corrected chi connectivity index (χ2v) is 11.4. The minimum absolute atomic E-state index is 0.159. The van der Waals surface area contributed by atoms with E-state index in [-0.39, 0.29) is 18.0 Å². The topological polar surface area (TPSA) is 95.0 Å². The lowest BCUT2D eigenvalue weighted by Gasteiger charge is -2.21. The number of pyridine rings is 2. The van der Waals surface area contributed by atoms with Gasteiger partial charge in [-0.3, -0.25) is 9.59 Å². The lowest BCUT2D eigenvalue weighted by atomic mass is 9.98. The van der Waals surface area contributed by atoms with E-state index in [1.54, 1.807) is 0 Å². The molecule has 1 aliphatic heterocycles. The van der Waals surface area contributed by atoms with Gasteiger partial charge < -0.3 is 25.1 Å². The summed E-state index contributed by atoms with van der Waals surface area (Å²) in [6.45, 7) is 14.4. The average molecular weight is 555 g/mol. The summed E-state index contributed by atoms with van der Waals surface area (Å²) in [6, 6.07) is 10.7. The summed E-state index contributed by atoms with van der Waals surface area (Å²) in [6.07, 6.45) is 6.89. The molecule has 1 aromatic carbocycles. The number of carbonyl (C=O) groups excluding carboxylic acids is 1. The lowest BCUT2D eigenvalue weighted by Crippen LogP contribution is -2.28. The van der Waals surface area contributed by atoms with Gasteiger partial charge in [-0.05, 0) is 100 Å². The van der Waals surface area contributed by atoms with Gasteiger partial charge in [-0.15, -0.1) is 0 Å². The molecule has 3 aromatic heterocycles. The maximum Gasteiger partial charge on any atom is 0.253 e. The Balaban J connectivity index is 1.46. The van der Waals surface area contributed by atoms with Gasteiger partial charge in [0.2, 0.25) is 0 Å². The van der Waals surface area contributed by atoms with Gasteiger partial charge in [0.15, 0.2) is 0 Å². The van der Waals surface area contributed by atoms with Gasteiger partial charge >= 0.3 is 0 Å². The molecule has 3 N–H and O–H groups in total. The van der Waals surface area contributed by atoms with Crippen molar-refractivity contribution in [3.8, 4) is 0 Å². The summed E-state index contributed by atoms with van der Waals surface area (Å²) < 4.78 is 2.29. The van der Waals surface area contributed by atoms with Crippen LogP contribution >= 0.6 is 0 Å². The van der Waals surface area contributed by atoms with E-state index in [0.29, 0.717) is 23.6 Å². The third-order valence-corrected chi connectivity index (χ3v) is 8.29. The summed E-state index contributed by atoms with van der Waals surface area (Å²) in [7, 11) is 0. The molecule has 1 fully saturated rings. The molecule has 41 heavy (non-hydrogen) atoms. The number of H-pyrrole nitrogens is 1. The van der Waals surface area contributed by atoms with Gasteiger partial charge in [-0.2, -0.15) is 0 Å². The Morgan fingerprint density at radius 3 is 2.63 bits per heavy atom. The normalized spacial score (nSPS) is 14.7. The van der Waals surface area contributed by atoms with Crippen LogP contribution in [0.15, 0.2) is 47.5 Å². The Kier molecular flexibility index (Phi) is 8.59. The van der Waals surface area contributed by atoms with Crippen LogP contribution in [0.2, 0.25) is 0 Å². The fraction of sp³-hybridized carbons (Fsp3) is 0.424. The van der Waals surface area contributed by atoms with Crippen LogP contribution in [0, 0.1) is 20.8 Å². The molecular formula is C33H42N6O2. The van der Waals surface area contributed by atoms with Gasteiger partial charge in [0, 0.05) is 72.3 Å². The van der Waals surface area contributed by atoms with Gasteiger partial charge in [0.1, 0.15) is 5.82 Å². The van der Waals surface area contributed by atoms with Crippen molar-refractivity contribution in [3.63, 3.8) is 0 Å². The predicted molar refractivity (Wildman–Crippen MR) is 166 cm³/mol. The highest BCUT2D eigenvalue weighted by Gasteiger charge is 2.20. The number of aromatic amines is 1. The Hall–Kier alpha value is -3.91. The standard InChI is InChI=1S/C33H42N6O2/c1-6-24(5)39-20-22(3)31-27(32(40)36-19-28-21(2)14-23(4)37-33(28)41)16-26(17-29(31)39)15-25-8-9-30(35-18-25)38-12-7-10-34-11-13-38/h8-9,14,16-18,20,24,34H,6-7,10-13,15,19H2,1-5H3,(H,36,40)(H,37,41)/t24-/m0/s1. The average Bonchev–Trinajstić information content (AvgIpc) is 3.10. The summed E-state index contributed by atoms with van der Waals surface area (Å²) in [5, 5.41) is 7.44. The smallest absolute Gasteiger partial charge is 0.253 e. The molecular weight excluding hydrogens is 512 g/mol. The highest BCUT2D eigenvalue weighted by molar-refractivity contribution is 6.08. The van der Waals surface area contributed by atoms with E-state index >= 15 is 0 Å². The first-order chi connectivity index (χ1) is 19.7. The Bertz CT molecular complexity index is 1590. The number of carbonyl (C=O) groups is 1. The fourth-order valence-corrected chi connectivity index (χ4v) is 5.87. The van der Waals surface area contributed by atoms with E-state index in [2.05, 4.69) is 70.3 Å². The number of fused-ring (bicyclic) bond motifs is 1. The van der Waals surface area contributed by atoms with E-state index in [1.807, 2.05) is 32.2 Å². The van der Waals surface area contributed by atoms with Crippen LogP contribution in [-0.2, 0) is 13.0 Å². The molecule has 0 radical (unpaired) electrons. The molecule has 5 rings (SSSR count). The van der Waals surface area contributed by atoms with Gasteiger partial charge in [0.05, 0.1) is 0 Å². The van der Waals surface area contributed by atoms with Crippen molar-refractivity contribution >= 4 is 22.6 Å². The molecule has 8 heteroatoms. The summed E-state index contributed by atoms with van der Waals surface area (Å²) in [5.74, 6) is 0.833. The number of rotatable bonds is 8. The Labute approximate surface area is 242 Å². The van der Waals surface area contributed by atoms with Crippen LogP contribution in [0.5, 0.6) is 0 Å². The van der Waals surface area contributed by atoms with Crippen molar-refractivity contribution in [1.82, 2.24) is 25.2 Å². The molecule has 0 spiro atoms. The van der Waals surface area contributed by atoms with Crippen molar-refractivity contribution in [2.24, 2.45) is 0 Å². The molecule has 1 saturated heterocycles. The zero-order valence-electron chi connectivity index (χ0n) is 24.9. The van der Waals surface area contributed by atoms with Gasteiger partial charge in [-0.1, -0.05) is 13.0 Å². The molecule has 0 aliphatic carbocycles. The first kappa shape index (κ1) is 28.6. The van der Waals surface area contributed by atoms with Gasteiger partial charge in [0.25, 0.3) is 11.5 Å². The molecule has 0 bridgehead atoms. The van der Waals surface area contributed by atoms with Crippen LogP contribution in [0.4, 0.5) is 5.82 Å². The monoisotopic (exact) mass is 554 g/mol. The maximum atomic E-state index is 13.7. The number of nitrogens with one attached hydrogen (secondary N) is 3. The van der Waals surface area contributed by atoms with Crippen molar-refractivity contribution in [2.75, 3.05) is 31.1 Å². The highest BCUT2D eigenvalue weighted by atomic mass is 16.1. The molecule has 216 valence electrons. The van der Waals surface area contributed by atoms with E-state index in [9.17, 15) is 9.59 Å². The van der Waals surface area contributed by atoms with Crippen molar-refractivity contribution in [3.05, 3.63) is 92.2 Å². The number of amides is 1. The van der Waals surface area contributed by atoms with Crippen LogP contribution in [-0.4, -0.2) is 46.6 Å². The summed E-state index contributed by atoms with van der Waals surface area (Å²) in [4.78, 5) is 36.3. The highest BCUT2D eigenvalue weighted by Crippen LogP contribution is 2.31. The number of hydrogen-bond donors (Lipinski definition) is 3. The molecule has 1 atom stereocenters. The van der Waals surface area contributed by atoms with Crippen molar-refractivity contribution < 1.29 is 4.79 Å². The van der Waals surface area contributed by atoms with Crippen molar-refractivity contribution in [2.45, 2.75) is 66.5 Å². The van der Waals surface area contributed by atoms with E-state index in [0.717, 1.165) is 83.7 Å². The van der Waals surface area contributed by atoms with Crippen LogP contribution in [0.1, 0.15) is 76.6 Å². The Morgan fingerprint density at radius 1 is 1.07 bits per heavy atom. The van der Waals surface area contributed by atoms with E-state index < -0.39 is 0 Å². The van der Waals surface area contributed by atoms with Crippen LogP contribution in [0.25, 0.3) is 10.9 Å². The molecule has 0 saturated carbocycles. The summed E-state index contributed by atoms with van der Waals surface area (Å²) in [5.41, 5.74) is 7.03. The zero-order valence-corrected chi connectivity index (χ0v) is 24.9.